The summed E-state index contributed by atoms with van der Waals surface area (Å²) in [6.07, 6.45) is 2.29. The third-order valence-electron chi connectivity index (χ3n) is 4.64. The van der Waals surface area contributed by atoms with Crippen LogP contribution >= 0.6 is 0 Å². The molecule has 1 amide bonds. The third kappa shape index (κ3) is 2.90. The lowest BCUT2D eigenvalue weighted by Gasteiger charge is -2.42. The first kappa shape index (κ1) is 16.2. The van der Waals surface area contributed by atoms with E-state index in [0.29, 0.717) is 0 Å². The van der Waals surface area contributed by atoms with E-state index in [1.807, 2.05) is 30.3 Å². The molecule has 24 heavy (non-hydrogen) atoms. The number of benzene rings is 1. The van der Waals surface area contributed by atoms with Gasteiger partial charge in [0.15, 0.2) is 5.82 Å². The largest absolute Gasteiger partial charge is 0.481 e. The Kier molecular flexibility index (Phi) is 4.35. The number of hydrogen-bond donors (Lipinski definition) is 3. The summed E-state index contributed by atoms with van der Waals surface area (Å²) >= 11 is 0. The molecule has 126 valence electrons. The highest BCUT2D eigenvalue weighted by molar-refractivity contribution is 5.90. The Balaban J connectivity index is 1.79. The maximum atomic E-state index is 12.3. The number of rotatable bonds is 4. The number of carboxylic acids is 1. The number of imidazole rings is 1. The van der Waals surface area contributed by atoms with Crippen LogP contribution in [-0.4, -0.2) is 56.2 Å². The molecule has 7 heteroatoms. The highest BCUT2D eigenvalue weighted by Gasteiger charge is 2.49. The number of carbonyl (C=O) groups excluding carboxylic acids is 1. The van der Waals surface area contributed by atoms with E-state index < -0.39 is 17.5 Å². The molecule has 1 aliphatic heterocycles. The van der Waals surface area contributed by atoms with Crippen LogP contribution in [0.3, 0.4) is 0 Å². The van der Waals surface area contributed by atoms with Crippen LogP contribution in [-0.2, 0) is 11.2 Å². The fourth-order valence-electron chi connectivity index (χ4n) is 3.18. The Morgan fingerprint density at radius 1 is 1.33 bits per heavy atom. The smallest absolute Gasteiger partial charge is 0.312 e. The van der Waals surface area contributed by atoms with Crippen LogP contribution in [0, 0.1) is 5.41 Å². The van der Waals surface area contributed by atoms with Crippen molar-refractivity contribution in [3.63, 3.8) is 0 Å². The van der Waals surface area contributed by atoms with Crippen molar-refractivity contribution in [1.82, 2.24) is 14.9 Å². The second-order valence-corrected chi connectivity index (χ2v) is 6.08. The summed E-state index contributed by atoms with van der Waals surface area (Å²) in [4.78, 5) is 32.3. The topological polar surface area (TPSA) is 107 Å². The zero-order valence-electron chi connectivity index (χ0n) is 13.1. The lowest BCUT2D eigenvalue weighted by molar-refractivity contribution is -0.161. The van der Waals surface area contributed by atoms with Gasteiger partial charge in [-0.2, -0.15) is 0 Å². The number of amides is 1. The molecule has 0 spiro atoms. The van der Waals surface area contributed by atoms with Gasteiger partial charge in [0.1, 0.15) is 5.41 Å². The summed E-state index contributed by atoms with van der Waals surface area (Å²) in [6, 6.07) is 9.23. The molecule has 0 unspecified atom stereocenters. The van der Waals surface area contributed by atoms with Gasteiger partial charge in [-0.3, -0.25) is 9.59 Å². The lowest BCUT2D eigenvalue weighted by atomic mass is 9.71. The molecule has 3 N–H and O–H groups in total. The molecule has 7 nitrogen and oxygen atoms in total. The van der Waals surface area contributed by atoms with Gasteiger partial charge in [0, 0.05) is 25.5 Å². The normalized spacial score (nSPS) is 23.9. The predicted octanol–water partition coefficient (Wildman–Crippen LogP) is 0.930. The first-order valence-electron chi connectivity index (χ1n) is 7.77. The van der Waals surface area contributed by atoms with Crippen molar-refractivity contribution in [3.05, 3.63) is 54.1 Å². The minimum atomic E-state index is -1.29. The summed E-state index contributed by atoms with van der Waals surface area (Å²) in [5.74, 6) is -1.19. The zero-order valence-corrected chi connectivity index (χ0v) is 13.1. The number of aromatic amines is 1. The minimum Gasteiger partial charge on any atom is -0.481 e. The fourth-order valence-corrected chi connectivity index (χ4v) is 3.18. The number of aliphatic carboxylic acids is 1. The van der Waals surface area contributed by atoms with Gasteiger partial charge in [-0.25, -0.2) is 4.98 Å². The van der Waals surface area contributed by atoms with Gasteiger partial charge >= 0.3 is 5.97 Å². The Bertz CT molecular complexity index is 717. The average molecular weight is 329 g/mol. The number of carboxylic acid groups (broad SMARTS) is 1. The number of hydrogen-bond acceptors (Lipinski definition) is 4. The van der Waals surface area contributed by atoms with Crippen LogP contribution in [0.25, 0.3) is 0 Å². The van der Waals surface area contributed by atoms with Gasteiger partial charge in [-0.1, -0.05) is 30.3 Å². The van der Waals surface area contributed by atoms with Crippen molar-refractivity contribution >= 4 is 11.9 Å². The monoisotopic (exact) mass is 329 g/mol. The molecule has 1 aliphatic rings. The molecule has 1 saturated heterocycles. The second kappa shape index (κ2) is 6.45. The van der Waals surface area contributed by atoms with Crippen LogP contribution in [0.4, 0.5) is 0 Å². The Hall–Kier alpha value is -2.67. The Labute approximate surface area is 139 Å². The van der Waals surface area contributed by atoms with Crippen LogP contribution in [0.5, 0.6) is 0 Å². The summed E-state index contributed by atoms with van der Waals surface area (Å²) in [7, 11) is 0. The van der Waals surface area contributed by atoms with Crippen molar-refractivity contribution in [1.29, 1.82) is 0 Å². The maximum Gasteiger partial charge on any atom is 0.312 e. The van der Waals surface area contributed by atoms with Crippen LogP contribution in [0.2, 0.25) is 0 Å². The number of nitrogens with one attached hydrogen (secondary N) is 1. The van der Waals surface area contributed by atoms with E-state index in [-0.39, 0.29) is 37.7 Å². The molecular formula is C17H19N3O4. The van der Waals surface area contributed by atoms with Crippen LogP contribution in [0.1, 0.15) is 22.6 Å². The Morgan fingerprint density at radius 2 is 2.08 bits per heavy atom. The molecule has 2 aromatic rings. The first-order valence-corrected chi connectivity index (χ1v) is 7.77. The maximum absolute atomic E-state index is 12.3. The SMILES string of the molecule is O=C(c1ncc[nH]1)N1CC[C@](Cc2ccccc2)(C(=O)O)[C@H](O)C1. The number of piperidine rings is 1. The number of β-amino-alcohol motifs (C(OH)–C–C–N with tert-alkyl or cyclic N) is 1. The van der Waals surface area contributed by atoms with Gasteiger partial charge < -0.3 is 20.1 Å². The van der Waals surface area contributed by atoms with Crippen molar-refractivity contribution in [2.45, 2.75) is 18.9 Å². The lowest BCUT2D eigenvalue weighted by Crippen LogP contribution is -2.57. The molecule has 1 aromatic carbocycles. The number of H-pyrrole nitrogens is 1. The van der Waals surface area contributed by atoms with Crippen molar-refractivity contribution in [3.8, 4) is 0 Å². The zero-order chi connectivity index (χ0) is 17.2. The average Bonchev–Trinajstić information content (AvgIpc) is 3.11. The summed E-state index contributed by atoms with van der Waals surface area (Å²) in [5.41, 5.74) is -0.439. The molecule has 3 rings (SSSR count). The predicted molar refractivity (Wildman–Crippen MR) is 85.3 cm³/mol. The van der Waals surface area contributed by atoms with Gasteiger partial charge in [-0.05, 0) is 18.4 Å². The van der Waals surface area contributed by atoms with Crippen LogP contribution in [0.15, 0.2) is 42.7 Å². The van der Waals surface area contributed by atoms with Crippen molar-refractivity contribution < 1.29 is 19.8 Å². The third-order valence-corrected chi connectivity index (χ3v) is 4.64. The molecule has 0 radical (unpaired) electrons. The molecule has 0 saturated carbocycles. The van der Waals surface area contributed by atoms with Crippen molar-refractivity contribution in [2.24, 2.45) is 5.41 Å². The molecule has 0 bridgehead atoms. The number of aliphatic hydroxyl groups excluding tert-OH is 1. The fraction of sp³-hybridized carbons (Fsp3) is 0.353. The second-order valence-electron chi connectivity index (χ2n) is 6.08. The van der Waals surface area contributed by atoms with Crippen LogP contribution < -0.4 is 0 Å². The van der Waals surface area contributed by atoms with E-state index >= 15 is 0 Å². The van der Waals surface area contributed by atoms with E-state index in [1.54, 1.807) is 6.20 Å². The van der Waals surface area contributed by atoms with Gasteiger partial charge in [0.2, 0.25) is 0 Å². The van der Waals surface area contributed by atoms with E-state index in [4.69, 9.17) is 0 Å². The molecule has 0 aliphatic carbocycles. The van der Waals surface area contributed by atoms with E-state index in [1.165, 1.54) is 11.1 Å². The highest BCUT2D eigenvalue weighted by atomic mass is 16.4. The molecule has 2 atom stereocenters. The number of likely N-dealkylation sites (tertiary alicyclic amines) is 1. The minimum absolute atomic E-state index is 0.0291. The standard InChI is InChI=1S/C17H19N3O4/c21-13-11-20(15(22)14-18-7-8-19-14)9-6-17(13,16(23)24)10-12-4-2-1-3-5-12/h1-5,7-8,13,21H,6,9-11H2,(H,18,19)(H,23,24)/t13-,17-/m1/s1. The van der Waals surface area contributed by atoms with Gasteiger partial charge in [0.05, 0.1) is 6.10 Å². The first-order chi connectivity index (χ1) is 11.5. The summed E-state index contributed by atoms with van der Waals surface area (Å²) in [5, 5.41) is 20.3. The summed E-state index contributed by atoms with van der Waals surface area (Å²) < 4.78 is 0. The van der Waals surface area contributed by atoms with E-state index in [0.717, 1.165) is 5.56 Å². The number of aliphatic hydroxyl groups is 1. The van der Waals surface area contributed by atoms with Gasteiger partial charge in [0.25, 0.3) is 5.91 Å². The molecular weight excluding hydrogens is 310 g/mol. The molecule has 1 aromatic heterocycles. The van der Waals surface area contributed by atoms with E-state index in [2.05, 4.69) is 9.97 Å². The Morgan fingerprint density at radius 3 is 2.67 bits per heavy atom. The molecule has 1 fully saturated rings. The quantitative estimate of drug-likeness (QED) is 0.774. The summed E-state index contributed by atoms with van der Waals surface area (Å²) in [6.45, 7) is 0.231. The molecule has 2 heterocycles. The number of nitrogens with zero attached hydrogens (tertiary/aromatic N) is 2. The van der Waals surface area contributed by atoms with E-state index in [9.17, 15) is 19.8 Å². The van der Waals surface area contributed by atoms with Crippen molar-refractivity contribution in [2.75, 3.05) is 13.1 Å². The highest BCUT2D eigenvalue weighted by Crippen LogP contribution is 2.36. The number of carbonyl (C=O) groups is 2. The number of aromatic nitrogens is 2. The van der Waals surface area contributed by atoms with Gasteiger partial charge in [-0.15, -0.1) is 0 Å².